The predicted molar refractivity (Wildman–Crippen MR) is 135 cm³/mol. The van der Waals surface area contributed by atoms with Crippen molar-refractivity contribution in [3.8, 4) is 0 Å². The quantitative estimate of drug-likeness (QED) is 0.462. The fourth-order valence-corrected chi connectivity index (χ4v) is 9.95. The van der Waals surface area contributed by atoms with E-state index in [1.54, 1.807) is 0 Å². The number of carbonyl (C=O) groups is 1. The van der Waals surface area contributed by atoms with Gasteiger partial charge in [0.15, 0.2) is 0 Å². The second kappa shape index (κ2) is 9.44. The third-order valence-corrected chi connectivity index (χ3v) is 11.7. The highest BCUT2D eigenvalue weighted by Gasteiger charge is 2.64. The van der Waals surface area contributed by atoms with Crippen LogP contribution in [0.15, 0.2) is 6.33 Å². The number of H-pyrrole nitrogens is 1. The molecule has 1 aromatic heterocycles. The highest BCUT2D eigenvalue weighted by molar-refractivity contribution is 5.88. The van der Waals surface area contributed by atoms with Crippen LogP contribution in [0, 0.1) is 52.3 Å². The first kappa shape index (κ1) is 25.2. The van der Waals surface area contributed by atoms with Crippen LogP contribution < -0.4 is 5.32 Å². The summed E-state index contributed by atoms with van der Waals surface area (Å²) >= 11 is 0. The van der Waals surface area contributed by atoms with E-state index in [0.29, 0.717) is 53.8 Å². The molecule has 7 heteroatoms. The van der Waals surface area contributed by atoms with E-state index in [4.69, 9.17) is 0 Å². The fraction of sp³-hybridized carbons (Fsp3) is 0.893. The van der Waals surface area contributed by atoms with Gasteiger partial charge in [-0.15, -0.1) is 0 Å². The molecule has 0 bridgehead atoms. The van der Waals surface area contributed by atoms with E-state index in [0.717, 1.165) is 32.1 Å². The van der Waals surface area contributed by atoms with Crippen LogP contribution in [0.2, 0.25) is 0 Å². The molecule has 1 heterocycles. The molecule has 3 unspecified atom stereocenters. The van der Waals surface area contributed by atoms with Crippen molar-refractivity contribution in [3.63, 3.8) is 0 Å². The molecule has 0 spiro atoms. The molecule has 5 rings (SSSR count). The average Bonchev–Trinajstić information content (AvgIpc) is 3.46. The third-order valence-electron chi connectivity index (χ3n) is 11.7. The van der Waals surface area contributed by atoms with Crippen molar-refractivity contribution in [1.29, 1.82) is 0 Å². The van der Waals surface area contributed by atoms with Gasteiger partial charge in [0.1, 0.15) is 6.33 Å². The molecule has 0 saturated heterocycles. The fourth-order valence-electron chi connectivity index (χ4n) is 9.95. The van der Waals surface area contributed by atoms with Gasteiger partial charge in [-0.1, -0.05) is 34.1 Å². The van der Waals surface area contributed by atoms with E-state index in [1.165, 1.54) is 32.0 Å². The number of hydrogen-bond acceptors (Lipinski definition) is 5. The summed E-state index contributed by atoms with van der Waals surface area (Å²) in [4.78, 5) is 16.4. The Balaban J connectivity index is 1.31. The van der Waals surface area contributed by atoms with E-state index in [1.807, 2.05) is 0 Å². The molecule has 4 fully saturated rings. The number of nitrogens with zero attached hydrogens (tertiary/aromatic N) is 2. The summed E-state index contributed by atoms with van der Waals surface area (Å²) in [7, 11) is 0. The van der Waals surface area contributed by atoms with Crippen LogP contribution in [0.5, 0.6) is 0 Å². The molecule has 35 heavy (non-hydrogen) atoms. The van der Waals surface area contributed by atoms with Gasteiger partial charge in [-0.25, -0.2) is 5.10 Å². The van der Waals surface area contributed by atoms with E-state index >= 15 is 0 Å². The number of carbonyl (C=O) groups excluding carboxylic acids is 1. The third kappa shape index (κ3) is 4.14. The molecule has 1 aromatic rings. The number of hydrogen-bond donors (Lipinski definition) is 4. The Morgan fingerprint density at radius 1 is 1.14 bits per heavy atom. The van der Waals surface area contributed by atoms with Crippen LogP contribution in [0.4, 0.5) is 5.95 Å². The van der Waals surface area contributed by atoms with Gasteiger partial charge in [-0.3, -0.25) is 10.1 Å². The number of aromatic amines is 1. The number of anilines is 1. The molecule has 0 radical (unpaired) electrons. The molecule has 7 nitrogen and oxygen atoms in total. The Hall–Kier alpha value is -1.47. The van der Waals surface area contributed by atoms with E-state index in [9.17, 15) is 15.0 Å². The highest BCUT2D eigenvalue weighted by atomic mass is 16.3. The minimum absolute atomic E-state index is 0.0102. The average molecular weight is 487 g/mol. The largest absolute Gasteiger partial charge is 0.393 e. The van der Waals surface area contributed by atoms with Crippen LogP contribution in [0.25, 0.3) is 0 Å². The number of aliphatic hydroxyl groups excluding tert-OH is 2. The molecular formula is C28H46N4O3. The number of aromatic nitrogens is 3. The topological polar surface area (TPSA) is 111 Å². The van der Waals surface area contributed by atoms with Crippen LogP contribution >= 0.6 is 0 Å². The molecule has 0 aliphatic heterocycles. The van der Waals surface area contributed by atoms with Gasteiger partial charge >= 0.3 is 0 Å². The summed E-state index contributed by atoms with van der Waals surface area (Å²) in [5.41, 5.74) is 0.478. The molecule has 4 N–H and O–H groups in total. The number of rotatable bonds is 6. The first-order chi connectivity index (χ1) is 16.7. The predicted octanol–water partition coefficient (Wildman–Crippen LogP) is 4.79. The second-order valence-electron chi connectivity index (χ2n) is 13.0. The van der Waals surface area contributed by atoms with Gasteiger partial charge in [-0.05, 0) is 104 Å². The molecule has 4 aliphatic carbocycles. The molecular weight excluding hydrogens is 440 g/mol. The minimum Gasteiger partial charge on any atom is -0.393 e. The summed E-state index contributed by atoms with van der Waals surface area (Å²) in [6.45, 7) is 9.57. The van der Waals surface area contributed by atoms with Crippen LogP contribution in [-0.2, 0) is 4.79 Å². The highest BCUT2D eigenvalue weighted by Crippen LogP contribution is 2.69. The summed E-state index contributed by atoms with van der Waals surface area (Å²) in [6.07, 6.45) is 11.0. The number of aliphatic hydroxyl groups is 2. The van der Waals surface area contributed by atoms with Crippen molar-refractivity contribution in [3.05, 3.63) is 6.33 Å². The maximum absolute atomic E-state index is 12.4. The van der Waals surface area contributed by atoms with Crippen LogP contribution in [0.3, 0.4) is 0 Å². The zero-order valence-electron chi connectivity index (χ0n) is 22.0. The van der Waals surface area contributed by atoms with Gasteiger partial charge in [0.2, 0.25) is 11.9 Å². The molecule has 4 saturated carbocycles. The zero-order chi connectivity index (χ0) is 25.0. The van der Waals surface area contributed by atoms with E-state index < -0.39 is 0 Å². The smallest absolute Gasteiger partial charge is 0.226 e. The Bertz CT molecular complexity index is 893. The Labute approximate surface area is 210 Å². The Morgan fingerprint density at radius 3 is 2.60 bits per heavy atom. The summed E-state index contributed by atoms with van der Waals surface area (Å²) in [5, 5.41) is 31.6. The van der Waals surface area contributed by atoms with Gasteiger partial charge in [0.05, 0.1) is 12.2 Å². The van der Waals surface area contributed by atoms with Gasteiger partial charge in [0, 0.05) is 6.42 Å². The van der Waals surface area contributed by atoms with Crippen molar-refractivity contribution < 1.29 is 15.0 Å². The van der Waals surface area contributed by atoms with Gasteiger partial charge < -0.3 is 10.2 Å². The lowest BCUT2D eigenvalue weighted by molar-refractivity contribution is -0.203. The monoisotopic (exact) mass is 486 g/mol. The molecule has 196 valence electrons. The number of amides is 1. The molecule has 1 amide bonds. The van der Waals surface area contributed by atoms with Crippen molar-refractivity contribution >= 4 is 11.9 Å². The van der Waals surface area contributed by atoms with Crippen molar-refractivity contribution in [2.75, 3.05) is 5.32 Å². The summed E-state index contributed by atoms with van der Waals surface area (Å²) < 4.78 is 0. The summed E-state index contributed by atoms with van der Waals surface area (Å²) in [5.74, 6) is 3.71. The van der Waals surface area contributed by atoms with Crippen LogP contribution in [-0.4, -0.2) is 43.5 Å². The molecule has 11 atom stereocenters. The van der Waals surface area contributed by atoms with Crippen LogP contribution in [0.1, 0.15) is 91.9 Å². The minimum atomic E-state index is -0.250. The van der Waals surface area contributed by atoms with E-state index in [2.05, 4.69) is 48.2 Å². The van der Waals surface area contributed by atoms with Gasteiger partial charge in [-0.2, -0.15) is 10.1 Å². The first-order valence-electron chi connectivity index (χ1n) is 14.2. The zero-order valence-corrected chi connectivity index (χ0v) is 22.0. The Morgan fingerprint density at radius 2 is 1.89 bits per heavy atom. The SMILES string of the molecule is CC[C@H]1[C@@H](O)C2C3CC[C@H]([C@H](C)CCC(=O)Nc4ncn[nH]4)[C@@]3(C)CCC2[C@@]2(C)CC[C@@H](O)C[C@@H]12. The molecule has 0 aromatic carbocycles. The van der Waals surface area contributed by atoms with Crippen molar-refractivity contribution in [2.45, 2.75) is 104 Å². The number of nitrogens with one attached hydrogen (secondary N) is 2. The lowest BCUT2D eigenvalue weighted by atomic mass is 9.41. The maximum atomic E-state index is 12.4. The molecule has 4 aliphatic rings. The lowest BCUT2D eigenvalue weighted by Crippen LogP contribution is -2.62. The Kier molecular flexibility index (Phi) is 6.79. The van der Waals surface area contributed by atoms with Crippen molar-refractivity contribution in [1.82, 2.24) is 15.2 Å². The number of fused-ring (bicyclic) bond motifs is 5. The maximum Gasteiger partial charge on any atom is 0.226 e. The normalized spacial score (nSPS) is 45.8. The van der Waals surface area contributed by atoms with Gasteiger partial charge in [0.25, 0.3) is 0 Å². The lowest BCUT2D eigenvalue weighted by Gasteiger charge is -2.64. The first-order valence-corrected chi connectivity index (χ1v) is 14.2. The standard InChI is InChI=1S/C28H46N4O3/c1-5-18-22-14-17(33)10-12-28(22,4)21-11-13-27(3)19(7-8-20(27)24(21)25(18)35)16(2)6-9-23(34)31-26-29-15-30-32-26/h15-22,24-25,33,35H,5-14H2,1-4H3,(H2,29,30,31,32,34)/t16-,17-,18-,19-,20?,21?,22+,24?,25-,27-,28-/m1/s1. The van der Waals surface area contributed by atoms with Crippen molar-refractivity contribution in [2.24, 2.45) is 52.3 Å². The van der Waals surface area contributed by atoms with E-state index in [-0.39, 0.29) is 28.9 Å². The summed E-state index contributed by atoms with van der Waals surface area (Å²) in [6, 6.07) is 0. The second-order valence-corrected chi connectivity index (χ2v) is 13.0.